The lowest BCUT2D eigenvalue weighted by Gasteiger charge is -2.18. The fourth-order valence-corrected chi connectivity index (χ4v) is 2.70. The second-order valence-corrected chi connectivity index (χ2v) is 6.40. The molecule has 0 radical (unpaired) electrons. The lowest BCUT2D eigenvalue weighted by Crippen LogP contribution is -2.28. The molecule has 1 amide bonds. The van der Waals surface area contributed by atoms with E-state index in [9.17, 15) is 4.79 Å². The summed E-state index contributed by atoms with van der Waals surface area (Å²) in [6.45, 7) is 3.88. The largest absolute Gasteiger partial charge is 0.301 e. The van der Waals surface area contributed by atoms with Gasteiger partial charge in [0.25, 0.3) is 0 Å². The van der Waals surface area contributed by atoms with Gasteiger partial charge in [-0.05, 0) is 37.1 Å². The molecule has 28 heavy (non-hydrogen) atoms. The number of anilines is 1. The monoisotopic (exact) mass is 366 g/mol. The number of aliphatic imine (C=N–C) groups is 1. The number of hydrogen-bond acceptors (Lipinski definition) is 2. The van der Waals surface area contributed by atoms with Gasteiger partial charge in [-0.1, -0.05) is 72.1 Å². The lowest BCUT2D eigenvalue weighted by molar-refractivity contribution is -0.116. The first-order valence-electron chi connectivity index (χ1n) is 9.16. The zero-order valence-electron chi connectivity index (χ0n) is 16.1. The lowest BCUT2D eigenvalue weighted by atomic mass is 10.1. The molecule has 0 saturated heterocycles. The molecule has 3 aromatic rings. The molecular weight excluding hydrogens is 344 g/mol. The highest BCUT2D eigenvalue weighted by Crippen LogP contribution is 2.15. The van der Waals surface area contributed by atoms with Crippen molar-refractivity contribution in [2.24, 2.45) is 4.99 Å². The van der Waals surface area contributed by atoms with E-state index in [0.717, 1.165) is 22.5 Å². The van der Waals surface area contributed by atoms with Gasteiger partial charge >= 0.3 is 0 Å². The maximum atomic E-state index is 12.1. The third-order valence-electron chi connectivity index (χ3n) is 4.21. The van der Waals surface area contributed by atoms with Gasteiger partial charge in [0.1, 0.15) is 5.71 Å². The van der Waals surface area contributed by atoms with Gasteiger partial charge in [0.05, 0.1) is 12.2 Å². The molecule has 138 valence electrons. The van der Waals surface area contributed by atoms with Crippen LogP contribution in [0.1, 0.15) is 18.1 Å². The highest BCUT2D eigenvalue weighted by molar-refractivity contribution is 6.14. The van der Waals surface area contributed by atoms with Crippen LogP contribution in [-0.2, 0) is 4.79 Å². The van der Waals surface area contributed by atoms with Crippen LogP contribution in [0.25, 0.3) is 0 Å². The summed E-state index contributed by atoms with van der Waals surface area (Å²) >= 11 is 0. The fourth-order valence-electron chi connectivity index (χ4n) is 2.70. The summed E-state index contributed by atoms with van der Waals surface area (Å²) in [4.78, 5) is 18.5. The van der Waals surface area contributed by atoms with Gasteiger partial charge < -0.3 is 4.90 Å². The number of benzene rings is 3. The van der Waals surface area contributed by atoms with E-state index in [2.05, 4.69) is 11.8 Å². The summed E-state index contributed by atoms with van der Waals surface area (Å²) in [7, 11) is 0. The maximum Gasteiger partial charge on any atom is 0.224 e. The van der Waals surface area contributed by atoms with Gasteiger partial charge in [0.15, 0.2) is 0 Å². The Labute approximate surface area is 166 Å². The van der Waals surface area contributed by atoms with Gasteiger partial charge in [-0.25, -0.2) is 4.99 Å². The first-order valence-corrected chi connectivity index (χ1v) is 9.16. The molecule has 0 aromatic heterocycles. The smallest absolute Gasteiger partial charge is 0.224 e. The molecule has 0 aliphatic carbocycles. The predicted molar refractivity (Wildman–Crippen MR) is 116 cm³/mol. The Balaban J connectivity index is 1.89. The van der Waals surface area contributed by atoms with Crippen molar-refractivity contribution in [2.75, 3.05) is 11.4 Å². The molecule has 3 nitrogen and oxygen atoms in total. The predicted octanol–water partition coefficient (Wildman–Crippen LogP) is 5.17. The molecule has 0 fully saturated rings. The molecule has 0 N–H and O–H groups in total. The van der Waals surface area contributed by atoms with Crippen LogP contribution in [0.4, 0.5) is 11.4 Å². The van der Waals surface area contributed by atoms with Crippen LogP contribution in [0.3, 0.4) is 0 Å². The van der Waals surface area contributed by atoms with Crippen molar-refractivity contribution < 1.29 is 4.79 Å². The van der Waals surface area contributed by atoms with Gasteiger partial charge in [0, 0.05) is 18.2 Å². The maximum absolute atomic E-state index is 12.1. The Morgan fingerprint density at radius 3 is 2.11 bits per heavy atom. The summed E-state index contributed by atoms with van der Waals surface area (Å²) < 4.78 is 0. The molecule has 0 heterocycles. The minimum Gasteiger partial charge on any atom is -0.301 e. The minimum atomic E-state index is -0.0422. The van der Waals surface area contributed by atoms with E-state index in [0.29, 0.717) is 12.3 Å². The first kappa shape index (κ1) is 19.1. The average molecular weight is 366 g/mol. The van der Waals surface area contributed by atoms with E-state index in [1.807, 2.05) is 91.9 Å². The Morgan fingerprint density at radius 1 is 0.893 bits per heavy atom. The van der Waals surface area contributed by atoms with Crippen molar-refractivity contribution >= 4 is 23.0 Å². The van der Waals surface area contributed by atoms with E-state index in [4.69, 9.17) is 4.99 Å². The first-order chi connectivity index (χ1) is 13.6. The molecule has 0 atom stereocenters. The van der Waals surface area contributed by atoms with Crippen molar-refractivity contribution in [2.45, 2.75) is 13.8 Å². The average Bonchev–Trinajstić information content (AvgIpc) is 2.72. The summed E-state index contributed by atoms with van der Waals surface area (Å²) in [5, 5.41) is 0. The van der Waals surface area contributed by atoms with E-state index < -0.39 is 0 Å². The number of carbonyl (C=O) groups is 1. The normalized spacial score (nSPS) is 10.7. The van der Waals surface area contributed by atoms with E-state index in [-0.39, 0.29) is 5.91 Å². The molecule has 0 unspecified atom stereocenters. The molecule has 0 aliphatic rings. The third-order valence-corrected chi connectivity index (χ3v) is 4.21. The number of rotatable bonds is 4. The van der Waals surface area contributed by atoms with Gasteiger partial charge in [-0.2, -0.15) is 0 Å². The fraction of sp³-hybridized carbons (Fsp3) is 0.120. The topological polar surface area (TPSA) is 32.7 Å². The van der Waals surface area contributed by atoms with Crippen molar-refractivity contribution in [3.05, 3.63) is 96.1 Å². The van der Waals surface area contributed by atoms with Crippen LogP contribution in [0.5, 0.6) is 0 Å². The zero-order chi connectivity index (χ0) is 19.8. The summed E-state index contributed by atoms with van der Waals surface area (Å²) in [6, 6.07) is 27.5. The molecule has 3 heteroatoms. The van der Waals surface area contributed by atoms with Crippen LogP contribution in [0.15, 0.2) is 89.9 Å². The summed E-state index contributed by atoms with van der Waals surface area (Å²) in [5.41, 5.74) is 4.47. The Hall–Kier alpha value is -3.64. The molecule has 3 rings (SSSR count). The molecule has 0 bridgehead atoms. The second-order valence-electron chi connectivity index (χ2n) is 6.40. The number of hydrogen-bond donors (Lipinski definition) is 0. The van der Waals surface area contributed by atoms with Crippen LogP contribution < -0.4 is 4.90 Å². The Morgan fingerprint density at radius 2 is 1.50 bits per heavy atom. The third kappa shape index (κ3) is 5.18. The van der Waals surface area contributed by atoms with E-state index in [1.165, 1.54) is 0 Å². The van der Waals surface area contributed by atoms with Crippen LogP contribution >= 0.6 is 0 Å². The van der Waals surface area contributed by atoms with Gasteiger partial charge in [-0.3, -0.25) is 4.79 Å². The van der Waals surface area contributed by atoms with Crippen molar-refractivity contribution in [1.29, 1.82) is 0 Å². The zero-order valence-corrected chi connectivity index (χ0v) is 16.1. The van der Waals surface area contributed by atoms with E-state index in [1.54, 1.807) is 11.8 Å². The Kier molecular flexibility index (Phi) is 6.38. The number of amides is 1. The number of para-hydroxylation sites is 1. The molecule has 0 spiro atoms. The van der Waals surface area contributed by atoms with E-state index >= 15 is 0 Å². The molecule has 0 saturated carbocycles. The highest BCUT2D eigenvalue weighted by Gasteiger charge is 2.09. The SMILES string of the molecule is CC(=O)N(CC#CC(=Nc1ccccc1)c1ccccc1)c1ccc(C)cc1. The minimum absolute atomic E-state index is 0.0422. The van der Waals surface area contributed by atoms with Gasteiger partial charge in [-0.15, -0.1) is 0 Å². The summed E-state index contributed by atoms with van der Waals surface area (Å²) in [5.74, 6) is 6.24. The molecule has 3 aromatic carbocycles. The number of nitrogens with zero attached hydrogens (tertiary/aromatic N) is 2. The second kappa shape index (κ2) is 9.34. The molecular formula is C25H22N2O. The number of carbonyl (C=O) groups excluding carboxylic acids is 1. The standard InChI is InChI=1S/C25H22N2O/c1-20-15-17-24(18-16-20)27(21(2)28)19-9-14-25(22-10-5-3-6-11-22)26-23-12-7-4-8-13-23/h3-8,10-13,15-18H,19H2,1-2H3. The van der Waals surface area contributed by atoms with Gasteiger partial charge in [0.2, 0.25) is 5.91 Å². The van der Waals surface area contributed by atoms with Crippen molar-refractivity contribution in [1.82, 2.24) is 0 Å². The van der Waals surface area contributed by atoms with Crippen LogP contribution in [0.2, 0.25) is 0 Å². The summed E-state index contributed by atoms with van der Waals surface area (Å²) in [6.07, 6.45) is 0. The van der Waals surface area contributed by atoms with Crippen LogP contribution in [-0.4, -0.2) is 18.2 Å². The highest BCUT2D eigenvalue weighted by atomic mass is 16.2. The quantitative estimate of drug-likeness (QED) is 0.463. The van der Waals surface area contributed by atoms with Crippen molar-refractivity contribution in [3.63, 3.8) is 0 Å². The molecule has 0 aliphatic heterocycles. The van der Waals surface area contributed by atoms with Crippen molar-refractivity contribution in [3.8, 4) is 11.8 Å². The number of aryl methyl sites for hydroxylation is 1. The Bertz CT molecular complexity index is 1010. The van der Waals surface area contributed by atoms with Crippen LogP contribution in [0, 0.1) is 18.8 Å².